The molecule has 35 heavy (non-hydrogen) atoms. The molecule has 0 bridgehead atoms. The summed E-state index contributed by atoms with van der Waals surface area (Å²) in [6.45, 7) is 0. The van der Waals surface area contributed by atoms with Crippen LogP contribution in [-0.4, -0.2) is 11.0 Å². The van der Waals surface area contributed by atoms with Gasteiger partial charge < -0.3 is 4.74 Å². The van der Waals surface area contributed by atoms with Crippen LogP contribution in [0.3, 0.4) is 0 Å². The molecule has 0 spiro atoms. The number of aromatic nitrogens is 1. The molecule has 1 aromatic heterocycles. The van der Waals surface area contributed by atoms with Gasteiger partial charge in [-0.25, -0.2) is 4.98 Å². The third-order valence-electron chi connectivity index (χ3n) is 6.50. The summed E-state index contributed by atoms with van der Waals surface area (Å²) in [5, 5.41) is 0.870. The average Bonchev–Trinajstić information content (AvgIpc) is 3.34. The molecule has 6 rings (SSSR count). The van der Waals surface area contributed by atoms with Crippen LogP contribution in [0.4, 0.5) is 0 Å². The van der Waals surface area contributed by atoms with Gasteiger partial charge in [0, 0.05) is 11.5 Å². The van der Waals surface area contributed by atoms with Gasteiger partial charge in [-0.1, -0.05) is 115 Å². The summed E-state index contributed by atoms with van der Waals surface area (Å²) >= 11 is 1.62. The number of esters is 1. The van der Waals surface area contributed by atoms with Crippen LogP contribution in [0.5, 0.6) is 5.88 Å². The van der Waals surface area contributed by atoms with E-state index in [1.807, 2.05) is 66.7 Å². The lowest BCUT2D eigenvalue weighted by atomic mass is 9.79. The van der Waals surface area contributed by atoms with Crippen LogP contribution in [0.2, 0.25) is 0 Å². The third-order valence-corrected chi connectivity index (χ3v) is 7.67. The first-order valence-electron chi connectivity index (χ1n) is 11.7. The second kappa shape index (κ2) is 9.32. The maximum atomic E-state index is 13.3. The zero-order chi connectivity index (χ0) is 23.6. The predicted molar refractivity (Wildman–Crippen MR) is 141 cm³/mol. The summed E-state index contributed by atoms with van der Waals surface area (Å²) < 4.78 is 5.82. The number of hydrogen-bond donors (Lipinski definition) is 0. The van der Waals surface area contributed by atoms with Gasteiger partial charge in [-0.2, -0.15) is 0 Å². The predicted octanol–water partition coefficient (Wildman–Crippen LogP) is 7.39. The number of hydrogen-bond acceptors (Lipinski definition) is 4. The van der Waals surface area contributed by atoms with E-state index in [-0.39, 0.29) is 17.8 Å². The second-order valence-electron chi connectivity index (χ2n) is 8.74. The molecular formula is C31H23NO2S. The molecule has 0 N–H and O–H groups in total. The Morgan fingerprint density at radius 1 is 0.686 bits per heavy atom. The lowest BCUT2D eigenvalue weighted by molar-refractivity contribution is -0.140. The van der Waals surface area contributed by atoms with Crippen molar-refractivity contribution >= 4 is 17.3 Å². The number of carbonyl (C=O) groups is 1. The number of ether oxygens (including phenoxy) is 1. The van der Waals surface area contributed by atoms with Crippen molar-refractivity contribution in [2.75, 3.05) is 0 Å². The SMILES string of the molecule is O=C1Oc2nc(-c3ccccc3)sc2[C@H](c2ccc(-c3ccccc3)cc2)[C@@H]1Cc1ccccc1. The zero-order valence-electron chi connectivity index (χ0n) is 19.0. The van der Waals surface area contributed by atoms with Gasteiger partial charge in [-0.15, -0.1) is 11.3 Å². The first-order chi connectivity index (χ1) is 17.3. The van der Waals surface area contributed by atoms with Gasteiger partial charge in [0.15, 0.2) is 0 Å². The maximum Gasteiger partial charge on any atom is 0.317 e. The molecule has 4 heteroatoms. The smallest absolute Gasteiger partial charge is 0.317 e. The highest BCUT2D eigenvalue weighted by Crippen LogP contribution is 2.48. The van der Waals surface area contributed by atoms with Crippen molar-refractivity contribution in [3.63, 3.8) is 0 Å². The van der Waals surface area contributed by atoms with Gasteiger partial charge >= 0.3 is 5.97 Å². The normalized spacial score (nSPS) is 17.0. The Bertz CT molecular complexity index is 1440. The van der Waals surface area contributed by atoms with Crippen molar-refractivity contribution in [2.24, 2.45) is 5.92 Å². The van der Waals surface area contributed by atoms with Crippen LogP contribution >= 0.6 is 11.3 Å². The Hall–Kier alpha value is -4.02. The summed E-state index contributed by atoms with van der Waals surface area (Å²) in [6, 6.07) is 39.1. The molecule has 3 nitrogen and oxygen atoms in total. The molecule has 0 unspecified atom stereocenters. The fourth-order valence-electron chi connectivity index (χ4n) is 4.75. The molecule has 0 saturated heterocycles. The van der Waals surface area contributed by atoms with E-state index in [9.17, 15) is 4.79 Å². The third kappa shape index (κ3) is 4.29. The number of thiazole rings is 1. The maximum absolute atomic E-state index is 13.3. The molecule has 0 fully saturated rings. The lowest BCUT2D eigenvalue weighted by Crippen LogP contribution is -2.33. The molecule has 0 radical (unpaired) electrons. The Kier molecular flexibility index (Phi) is 5.73. The van der Waals surface area contributed by atoms with Crippen molar-refractivity contribution in [2.45, 2.75) is 12.3 Å². The van der Waals surface area contributed by atoms with Gasteiger partial charge in [-0.05, 0) is 28.7 Å². The molecule has 1 aliphatic rings. The minimum Gasteiger partial charge on any atom is -0.406 e. The molecule has 2 atom stereocenters. The second-order valence-corrected chi connectivity index (χ2v) is 9.77. The van der Waals surface area contributed by atoms with Gasteiger partial charge in [0.25, 0.3) is 0 Å². The molecule has 1 aliphatic heterocycles. The van der Waals surface area contributed by atoms with Crippen molar-refractivity contribution in [1.29, 1.82) is 0 Å². The van der Waals surface area contributed by atoms with E-state index in [0.29, 0.717) is 12.3 Å². The van der Waals surface area contributed by atoms with Crippen LogP contribution < -0.4 is 4.74 Å². The van der Waals surface area contributed by atoms with Gasteiger partial charge in [-0.3, -0.25) is 4.79 Å². The Morgan fingerprint density at radius 3 is 1.91 bits per heavy atom. The first-order valence-corrected chi connectivity index (χ1v) is 12.5. The summed E-state index contributed by atoms with van der Waals surface area (Å²) in [4.78, 5) is 19.1. The van der Waals surface area contributed by atoms with E-state index < -0.39 is 0 Å². The van der Waals surface area contributed by atoms with Crippen LogP contribution in [-0.2, 0) is 11.2 Å². The topological polar surface area (TPSA) is 39.2 Å². The molecular weight excluding hydrogens is 450 g/mol. The van der Waals surface area contributed by atoms with E-state index in [4.69, 9.17) is 9.72 Å². The minimum atomic E-state index is -0.323. The lowest BCUT2D eigenvalue weighted by Gasteiger charge is -2.29. The highest BCUT2D eigenvalue weighted by molar-refractivity contribution is 7.15. The van der Waals surface area contributed by atoms with Crippen molar-refractivity contribution in [3.8, 4) is 27.6 Å². The fourth-order valence-corrected chi connectivity index (χ4v) is 5.94. The fraction of sp³-hybridized carbons (Fsp3) is 0.0968. The Morgan fingerprint density at radius 2 is 1.26 bits per heavy atom. The minimum absolute atomic E-state index is 0.119. The van der Waals surface area contributed by atoms with Crippen molar-refractivity contribution in [1.82, 2.24) is 4.98 Å². The monoisotopic (exact) mass is 473 g/mol. The Labute approximate surface area is 208 Å². The van der Waals surface area contributed by atoms with Gasteiger partial charge in [0.2, 0.25) is 5.88 Å². The standard InChI is InChI=1S/C31H23NO2S/c33-31-26(20-21-10-4-1-5-11-21)27(24-18-16-23(17-19-24)22-12-6-2-7-13-22)28-29(34-31)32-30(35-28)25-14-8-3-9-15-25/h1-19,26-27H,20H2/t26-,27+/m0/s1. The summed E-state index contributed by atoms with van der Waals surface area (Å²) in [5.41, 5.74) is 5.58. The molecule has 2 heterocycles. The molecule has 0 amide bonds. The summed E-state index contributed by atoms with van der Waals surface area (Å²) in [6.07, 6.45) is 0.614. The van der Waals surface area contributed by atoms with Crippen LogP contribution in [0.1, 0.15) is 21.9 Å². The van der Waals surface area contributed by atoms with Crippen molar-refractivity contribution < 1.29 is 9.53 Å². The van der Waals surface area contributed by atoms with Gasteiger partial charge in [0.1, 0.15) is 5.01 Å². The van der Waals surface area contributed by atoms with Crippen LogP contribution in [0.15, 0.2) is 115 Å². The molecule has 4 aromatic carbocycles. The van der Waals surface area contributed by atoms with E-state index in [2.05, 4.69) is 48.5 Å². The average molecular weight is 474 g/mol. The van der Waals surface area contributed by atoms with E-state index in [0.717, 1.165) is 32.1 Å². The zero-order valence-corrected chi connectivity index (χ0v) is 19.8. The summed E-state index contributed by atoms with van der Waals surface area (Å²) in [5.74, 6) is -0.216. The van der Waals surface area contributed by atoms with Crippen molar-refractivity contribution in [3.05, 3.63) is 131 Å². The van der Waals surface area contributed by atoms with Crippen LogP contribution in [0, 0.1) is 5.92 Å². The number of benzene rings is 4. The number of nitrogens with zero attached hydrogens (tertiary/aromatic N) is 1. The molecule has 5 aromatic rings. The molecule has 0 aliphatic carbocycles. The largest absolute Gasteiger partial charge is 0.406 e. The summed E-state index contributed by atoms with van der Waals surface area (Å²) in [7, 11) is 0. The highest BCUT2D eigenvalue weighted by atomic mass is 32.1. The molecule has 170 valence electrons. The highest BCUT2D eigenvalue weighted by Gasteiger charge is 2.41. The number of carbonyl (C=O) groups excluding carboxylic acids is 1. The van der Waals surface area contributed by atoms with E-state index >= 15 is 0 Å². The molecule has 0 saturated carbocycles. The Balaban J connectivity index is 1.43. The number of rotatable bonds is 5. The quantitative estimate of drug-likeness (QED) is 0.250. The van der Waals surface area contributed by atoms with E-state index in [1.165, 1.54) is 5.56 Å². The van der Waals surface area contributed by atoms with E-state index in [1.54, 1.807) is 11.3 Å². The van der Waals surface area contributed by atoms with Gasteiger partial charge in [0.05, 0.1) is 10.8 Å². The number of fused-ring (bicyclic) bond motifs is 1. The van der Waals surface area contributed by atoms with Crippen LogP contribution in [0.25, 0.3) is 21.7 Å². The first kappa shape index (κ1) is 21.5.